The molecule has 1 saturated carbocycles. The van der Waals surface area contributed by atoms with Gasteiger partial charge in [-0.3, -0.25) is 11.3 Å². The number of nitrogens with two attached hydrogens (primary N) is 1. The van der Waals surface area contributed by atoms with Crippen LogP contribution in [0.15, 0.2) is 18.2 Å². The number of hydrogen-bond acceptors (Lipinski definition) is 3. The van der Waals surface area contributed by atoms with Gasteiger partial charge >= 0.3 is 0 Å². The van der Waals surface area contributed by atoms with Crippen molar-refractivity contribution in [3.8, 4) is 0 Å². The van der Waals surface area contributed by atoms with Gasteiger partial charge in [-0.1, -0.05) is 18.9 Å². The summed E-state index contributed by atoms with van der Waals surface area (Å²) in [6.45, 7) is 2.01. The molecule has 0 radical (unpaired) electrons. The van der Waals surface area contributed by atoms with Gasteiger partial charge in [0.1, 0.15) is 5.82 Å². The van der Waals surface area contributed by atoms with Crippen LogP contribution < -0.4 is 11.3 Å². The van der Waals surface area contributed by atoms with E-state index in [2.05, 4.69) is 24.4 Å². The molecule has 0 amide bonds. The first kappa shape index (κ1) is 14.4. The van der Waals surface area contributed by atoms with Gasteiger partial charge in [0.2, 0.25) is 0 Å². The molecule has 0 aliphatic heterocycles. The van der Waals surface area contributed by atoms with Crippen LogP contribution in [0.4, 0.5) is 4.39 Å². The number of nitrogens with one attached hydrogen (secondary N) is 1. The Morgan fingerprint density at radius 1 is 1.32 bits per heavy atom. The summed E-state index contributed by atoms with van der Waals surface area (Å²) in [5, 5.41) is 0. The second-order valence-electron chi connectivity index (χ2n) is 5.81. The number of halogens is 1. The van der Waals surface area contributed by atoms with Crippen LogP contribution >= 0.6 is 0 Å². The van der Waals surface area contributed by atoms with Crippen molar-refractivity contribution < 1.29 is 4.39 Å². The highest BCUT2D eigenvalue weighted by Gasteiger charge is 2.44. The monoisotopic (exact) mass is 265 g/mol. The fourth-order valence-electron chi connectivity index (χ4n) is 3.44. The summed E-state index contributed by atoms with van der Waals surface area (Å²) >= 11 is 0. The lowest BCUT2D eigenvalue weighted by Crippen LogP contribution is -2.53. The maximum absolute atomic E-state index is 13.6. The van der Waals surface area contributed by atoms with Gasteiger partial charge in [0, 0.05) is 5.54 Å². The fourth-order valence-corrected chi connectivity index (χ4v) is 3.44. The summed E-state index contributed by atoms with van der Waals surface area (Å²) in [4.78, 5) is 2.24. The third kappa shape index (κ3) is 2.53. The zero-order chi connectivity index (χ0) is 14.0. The van der Waals surface area contributed by atoms with Gasteiger partial charge in [-0.15, -0.1) is 0 Å². The highest BCUT2D eigenvalue weighted by atomic mass is 19.1. The molecule has 0 saturated heterocycles. The summed E-state index contributed by atoms with van der Waals surface area (Å²) in [7, 11) is 4.18. The van der Waals surface area contributed by atoms with Crippen LogP contribution in [0.1, 0.15) is 42.9 Å². The minimum atomic E-state index is -0.201. The number of likely N-dealkylation sites (N-methyl/N-ethyl adjacent to an activating group) is 1. The van der Waals surface area contributed by atoms with Crippen molar-refractivity contribution in [3.63, 3.8) is 0 Å². The highest BCUT2D eigenvalue weighted by molar-refractivity contribution is 5.32. The fraction of sp³-hybridized carbons (Fsp3) is 0.600. The Morgan fingerprint density at radius 3 is 2.47 bits per heavy atom. The summed E-state index contributed by atoms with van der Waals surface area (Å²) < 4.78 is 13.6. The normalized spacial score (nSPS) is 19.9. The molecule has 1 unspecified atom stereocenters. The van der Waals surface area contributed by atoms with E-state index in [1.54, 1.807) is 6.07 Å². The van der Waals surface area contributed by atoms with E-state index in [1.807, 2.05) is 13.0 Å². The smallest absolute Gasteiger partial charge is 0.123 e. The van der Waals surface area contributed by atoms with E-state index in [9.17, 15) is 4.39 Å². The number of nitrogens with zero attached hydrogens (tertiary/aromatic N) is 1. The molecule has 0 bridgehead atoms. The number of aryl methyl sites for hydroxylation is 1. The van der Waals surface area contributed by atoms with Crippen molar-refractivity contribution in [2.75, 3.05) is 14.1 Å². The maximum Gasteiger partial charge on any atom is 0.123 e. The SMILES string of the molecule is Cc1ccc(F)cc1C(NN)C1(N(C)C)CCCC1. The van der Waals surface area contributed by atoms with Crippen molar-refractivity contribution >= 4 is 0 Å². The van der Waals surface area contributed by atoms with Gasteiger partial charge in [0.25, 0.3) is 0 Å². The summed E-state index contributed by atoms with van der Waals surface area (Å²) in [6, 6.07) is 4.90. The largest absolute Gasteiger partial charge is 0.302 e. The molecule has 0 heterocycles. The first-order valence-corrected chi connectivity index (χ1v) is 6.91. The first-order chi connectivity index (χ1) is 9.01. The van der Waals surface area contributed by atoms with Gasteiger partial charge in [-0.05, 0) is 57.1 Å². The van der Waals surface area contributed by atoms with E-state index in [1.165, 1.54) is 18.9 Å². The molecule has 4 heteroatoms. The highest BCUT2D eigenvalue weighted by Crippen LogP contribution is 2.43. The Labute approximate surface area is 114 Å². The minimum Gasteiger partial charge on any atom is -0.302 e. The molecule has 0 spiro atoms. The van der Waals surface area contributed by atoms with E-state index in [-0.39, 0.29) is 17.4 Å². The molecule has 1 aromatic rings. The molecule has 1 fully saturated rings. The molecular weight excluding hydrogens is 241 g/mol. The summed E-state index contributed by atoms with van der Waals surface area (Å²) in [6.07, 6.45) is 4.57. The van der Waals surface area contributed by atoms with E-state index in [4.69, 9.17) is 5.84 Å². The molecule has 1 aliphatic rings. The lowest BCUT2D eigenvalue weighted by Gasteiger charge is -2.43. The average molecular weight is 265 g/mol. The lowest BCUT2D eigenvalue weighted by atomic mass is 9.81. The van der Waals surface area contributed by atoms with Crippen molar-refractivity contribution in [1.82, 2.24) is 10.3 Å². The van der Waals surface area contributed by atoms with Gasteiger partial charge in [0.05, 0.1) is 6.04 Å². The predicted molar refractivity (Wildman–Crippen MR) is 76.1 cm³/mol. The Morgan fingerprint density at radius 2 is 1.95 bits per heavy atom. The first-order valence-electron chi connectivity index (χ1n) is 6.91. The molecule has 2 rings (SSSR count). The Hall–Kier alpha value is -0.970. The molecule has 106 valence electrons. The number of benzene rings is 1. The zero-order valence-electron chi connectivity index (χ0n) is 12.0. The molecule has 3 nitrogen and oxygen atoms in total. The maximum atomic E-state index is 13.6. The molecule has 3 N–H and O–H groups in total. The Bertz CT molecular complexity index is 439. The van der Waals surface area contributed by atoms with E-state index < -0.39 is 0 Å². The number of rotatable bonds is 4. The zero-order valence-corrected chi connectivity index (χ0v) is 12.0. The lowest BCUT2D eigenvalue weighted by molar-refractivity contribution is 0.104. The summed E-state index contributed by atoms with van der Waals surface area (Å²) in [5.41, 5.74) is 4.97. The van der Waals surface area contributed by atoms with Crippen LogP contribution in [-0.2, 0) is 0 Å². The van der Waals surface area contributed by atoms with Gasteiger partial charge < -0.3 is 4.90 Å². The van der Waals surface area contributed by atoms with E-state index >= 15 is 0 Å². The molecule has 1 atom stereocenters. The van der Waals surface area contributed by atoms with Crippen LogP contribution in [0.25, 0.3) is 0 Å². The predicted octanol–water partition coefficient (Wildman–Crippen LogP) is 2.51. The second-order valence-corrected chi connectivity index (χ2v) is 5.81. The molecule has 1 aromatic carbocycles. The van der Waals surface area contributed by atoms with Crippen LogP contribution in [-0.4, -0.2) is 24.5 Å². The Kier molecular flexibility index (Phi) is 4.23. The van der Waals surface area contributed by atoms with Gasteiger partial charge in [0.15, 0.2) is 0 Å². The van der Waals surface area contributed by atoms with Crippen LogP contribution in [0.3, 0.4) is 0 Å². The van der Waals surface area contributed by atoms with Crippen molar-refractivity contribution in [2.45, 2.75) is 44.2 Å². The third-order valence-corrected chi connectivity index (χ3v) is 4.62. The standard InChI is InChI=1S/C15H24FN3/c1-11-6-7-12(16)10-13(11)14(18-17)15(19(2)3)8-4-5-9-15/h6-7,10,14,18H,4-5,8-9,17H2,1-3H3. The van der Waals surface area contributed by atoms with Crippen LogP contribution in [0.5, 0.6) is 0 Å². The average Bonchev–Trinajstić information content (AvgIpc) is 2.85. The Balaban J connectivity index is 2.45. The topological polar surface area (TPSA) is 41.3 Å². The van der Waals surface area contributed by atoms with Crippen LogP contribution in [0, 0.1) is 12.7 Å². The summed E-state index contributed by atoms with van der Waals surface area (Å²) in [5.74, 6) is 5.63. The number of hydrazine groups is 1. The van der Waals surface area contributed by atoms with Crippen molar-refractivity contribution in [2.24, 2.45) is 5.84 Å². The second kappa shape index (κ2) is 5.57. The third-order valence-electron chi connectivity index (χ3n) is 4.62. The molecule has 19 heavy (non-hydrogen) atoms. The molecular formula is C15H24FN3. The van der Waals surface area contributed by atoms with Crippen molar-refractivity contribution in [1.29, 1.82) is 0 Å². The number of hydrogen-bond donors (Lipinski definition) is 2. The van der Waals surface area contributed by atoms with E-state index in [0.717, 1.165) is 24.0 Å². The van der Waals surface area contributed by atoms with E-state index in [0.29, 0.717) is 0 Å². The van der Waals surface area contributed by atoms with Crippen molar-refractivity contribution in [3.05, 3.63) is 35.1 Å². The van der Waals surface area contributed by atoms with Crippen LogP contribution in [0.2, 0.25) is 0 Å². The quantitative estimate of drug-likeness (QED) is 0.649. The molecule has 0 aromatic heterocycles. The minimum absolute atomic E-state index is 0.0205. The van der Waals surface area contributed by atoms with Gasteiger partial charge in [-0.25, -0.2) is 4.39 Å². The molecule has 1 aliphatic carbocycles. The van der Waals surface area contributed by atoms with Gasteiger partial charge in [-0.2, -0.15) is 0 Å².